The fraction of sp³-hybridized carbons (Fsp3) is 0.538. The van der Waals surface area contributed by atoms with Crippen LogP contribution in [-0.4, -0.2) is 74.9 Å². The molecule has 1 fully saturated rings. The van der Waals surface area contributed by atoms with Crippen LogP contribution in [0.15, 0.2) is 23.1 Å². The van der Waals surface area contributed by atoms with Gasteiger partial charge in [-0.1, -0.05) is 12.1 Å². The highest BCUT2D eigenvalue weighted by atomic mass is 32.2. The molecule has 0 atom stereocenters. The molecule has 0 radical (unpaired) electrons. The molecule has 1 aliphatic heterocycles. The number of nitro groups is 1. The average Bonchev–Trinajstić information content (AvgIpc) is 2.54. The third kappa shape index (κ3) is 3.67. The van der Waals surface area contributed by atoms with E-state index in [-0.39, 0.29) is 36.6 Å². The first kappa shape index (κ1) is 19.7. The van der Waals surface area contributed by atoms with Crippen LogP contribution in [0.25, 0.3) is 0 Å². The van der Waals surface area contributed by atoms with Gasteiger partial charge >= 0.3 is 0 Å². The second-order valence-electron chi connectivity index (χ2n) is 5.77. The van der Waals surface area contributed by atoms with Crippen LogP contribution in [0.2, 0.25) is 0 Å². The van der Waals surface area contributed by atoms with Gasteiger partial charge in [0.1, 0.15) is 0 Å². The number of rotatable bonds is 5. The van der Waals surface area contributed by atoms with Crippen molar-refractivity contribution in [2.75, 3.05) is 40.3 Å². The second kappa shape index (κ2) is 6.96. The molecule has 1 heterocycles. The zero-order chi connectivity index (χ0) is 19.0. The molecule has 0 aromatic heterocycles. The van der Waals surface area contributed by atoms with E-state index in [2.05, 4.69) is 0 Å². The van der Waals surface area contributed by atoms with Crippen molar-refractivity contribution < 1.29 is 21.8 Å². The minimum absolute atomic E-state index is 0.0145. The molecular weight excluding hydrogens is 372 g/mol. The molecule has 0 amide bonds. The van der Waals surface area contributed by atoms with Gasteiger partial charge in [-0.15, -0.1) is 0 Å². The lowest BCUT2D eigenvalue weighted by Crippen LogP contribution is -2.53. The van der Waals surface area contributed by atoms with Gasteiger partial charge in [-0.3, -0.25) is 10.1 Å². The Hall–Kier alpha value is -1.60. The summed E-state index contributed by atoms with van der Waals surface area (Å²) in [5.74, 6) is 0. The van der Waals surface area contributed by atoms with Crippen LogP contribution in [-0.2, 0) is 20.2 Å². The van der Waals surface area contributed by atoms with Crippen molar-refractivity contribution in [1.29, 1.82) is 0 Å². The molecule has 12 heteroatoms. The molecule has 140 valence electrons. The Bertz CT molecular complexity index is 874. The Labute approximate surface area is 147 Å². The van der Waals surface area contributed by atoms with Gasteiger partial charge in [-0.25, -0.2) is 8.42 Å². The van der Waals surface area contributed by atoms with E-state index in [0.717, 1.165) is 14.7 Å². The monoisotopic (exact) mass is 392 g/mol. The Morgan fingerprint density at radius 2 is 1.56 bits per heavy atom. The summed E-state index contributed by atoms with van der Waals surface area (Å²) in [6.45, 7) is 1.33. The maximum Gasteiger partial charge on any atom is 0.289 e. The molecule has 2 rings (SSSR count). The Kier molecular flexibility index (Phi) is 5.49. The average molecular weight is 392 g/mol. The van der Waals surface area contributed by atoms with Crippen LogP contribution in [0.1, 0.15) is 5.56 Å². The number of piperazine rings is 1. The van der Waals surface area contributed by atoms with Crippen LogP contribution in [0.4, 0.5) is 5.69 Å². The minimum atomic E-state index is -4.10. The van der Waals surface area contributed by atoms with Gasteiger partial charge in [0.15, 0.2) is 4.90 Å². The van der Waals surface area contributed by atoms with Crippen LogP contribution in [0, 0.1) is 17.0 Å². The highest BCUT2D eigenvalue weighted by Gasteiger charge is 2.37. The Morgan fingerprint density at radius 1 is 1.04 bits per heavy atom. The van der Waals surface area contributed by atoms with Gasteiger partial charge in [0, 0.05) is 46.3 Å². The molecule has 0 saturated carbocycles. The number of sulfonamides is 1. The maximum atomic E-state index is 12.9. The third-order valence-corrected chi connectivity index (χ3v) is 8.00. The molecule has 0 unspecified atom stereocenters. The standard InChI is InChI=1S/C13H20N4O6S2/c1-11-5-4-6-12(17(18)19)13(11)24(20,21)15-7-9-16(10-8-15)25(22,23)14(2)3/h4-6H,7-10H2,1-3H3. The second-order valence-corrected chi connectivity index (χ2v) is 9.79. The number of nitrogens with zero attached hydrogens (tertiary/aromatic N) is 4. The normalized spacial score (nSPS) is 17.8. The fourth-order valence-electron chi connectivity index (χ4n) is 2.62. The van der Waals surface area contributed by atoms with Crippen molar-refractivity contribution in [2.24, 2.45) is 0 Å². The number of benzene rings is 1. The lowest BCUT2D eigenvalue weighted by Gasteiger charge is -2.34. The van der Waals surface area contributed by atoms with Gasteiger partial charge in [-0.05, 0) is 12.5 Å². The van der Waals surface area contributed by atoms with E-state index >= 15 is 0 Å². The summed E-state index contributed by atoms with van der Waals surface area (Å²) in [6, 6.07) is 4.06. The lowest BCUT2D eigenvalue weighted by atomic mass is 10.2. The van der Waals surface area contributed by atoms with E-state index in [1.165, 1.54) is 37.5 Å². The smallest absolute Gasteiger partial charge is 0.258 e. The van der Waals surface area contributed by atoms with Gasteiger partial charge in [0.2, 0.25) is 10.0 Å². The summed E-state index contributed by atoms with van der Waals surface area (Å²) in [7, 11) is -4.93. The van der Waals surface area contributed by atoms with Gasteiger partial charge in [-0.2, -0.15) is 21.3 Å². The van der Waals surface area contributed by atoms with E-state index in [9.17, 15) is 26.9 Å². The molecular formula is C13H20N4O6S2. The minimum Gasteiger partial charge on any atom is -0.258 e. The first-order valence-electron chi connectivity index (χ1n) is 7.41. The van der Waals surface area contributed by atoms with Crippen molar-refractivity contribution in [3.8, 4) is 0 Å². The van der Waals surface area contributed by atoms with Gasteiger partial charge < -0.3 is 0 Å². The predicted molar refractivity (Wildman–Crippen MR) is 90.8 cm³/mol. The molecule has 25 heavy (non-hydrogen) atoms. The summed E-state index contributed by atoms with van der Waals surface area (Å²) in [5.41, 5.74) is -0.208. The van der Waals surface area contributed by atoms with Crippen LogP contribution in [0.5, 0.6) is 0 Å². The molecule has 0 aliphatic carbocycles. The van der Waals surface area contributed by atoms with Crippen LogP contribution >= 0.6 is 0 Å². The summed E-state index contributed by atoms with van der Waals surface area (Å²) >= 11 is 0. The molecule has 1 saturated heterocycles. The van der Waals surface area contributed by atoms with Crippen molar-refractivity contribution in [3.63, 3.8) is 0 Å². The largest absolute Gasteiger partial charge is 0.289 e. The molecule has 1 aromatic carbocycles. The number of nitro benzene ring substituents is 1. The van der Waals surface area contributed by atoms with Crippen molar-refractivity contribution in [3.05, 3.63) is 33.9 Å². The predicted octanol–water partition coefficient (Wildman–Crippen LogP) is 0.0159. The summed E-state index contributed by atoms with van der Waals surface area (Å²) in [5, 5.41) is 11.2. The molecule has 0 spiro atoms. The van der Waals surface area contributed by atoms with E-state index < -0.39 is 30.8 Å². The lowest BCUT2D eigenvalue weighted by molar-refractivity contribution is -0.387. The number of hydrogen-bond donors (Lipinski definition) is 0. The summed E-state index contributed by atoms with van der Waals surface area (Å²) in [6.07, 6.45) is 0. The zero-order valence-corrected chi connectivity index (χ0v) is 15.7. The SMILES string of the molecule is Cc1cccc([N+](=O)[O-])c1S(=O)(=O)N1CCN(S(=O)(=O)N(C)C)CC1. The maximum absolute atomic E-state index is 12.9. The van der Waals surface area contributed by atoms with Gasteiger partial charge in [0.05, 0.1) is 4.92 Å². The van der Waals surface area contributed by atoms with E-state index in [1.54, 1.807) is 0 Å². The quantitative estimate of drug-likeness (QED) is 0.514. The Balaban J connectivity index is 2.32. The highest BCUT2D eigenvalue weighted by Crippen LogP contribution is 2.30. The first-order chi connectivity index (χ1) is 11.5. The van der Waals surface area contributed by atoms with Crippen molar-refractivity contribution >= 4 is 25.9 Å². The van der Waals surface area contributed by atoms with Crippen LogP contribution < -0.4 is 0 Å². The molecule has 0 bridgehead atoms. The van der Waals surface area contributed by atoms with Gasteiger partial charge in [0.25, 0.3) is 15.9 Å². The Morgan fingerprint density at radius 3 is 2.04 bits per heavy atom. The number of aryl methyl sites for hydroxylation is 1. The van der Waals surface area contributed by atoms with Crippen molar-refractivity contribution in [1.82, 2.24) is 12.9 Å². The first-order valence-corrected chi connectivity index (χ1v) is 10.2. The number of hydrogen-bond acceptors (Lipinski definition) is 6. The molecule has 10 nitrogen and oxygen atoms in total. The highest BCUT2D eigenvalue weighted by molar-refractivity contribution is 7.89. The zero-order valence-electron chi connectivity index (χ0n) is 14.1. The molecule has 1 aliphatic rings. The van der Waals surface area contributed by atoms with Crippen LogP contribution in [0.3, 0.4) is 0 Å². The topological polar surface area (TPSA) is 121 Å². The molecule has 0 N–H and O–H groups in total. The summed E-state index contributed by atoms with van der Waals surface area (Å²) < 4.78 is 53.3. The summed E-state index contributed by atoms with van der Waals surface area (Å²) in [4.78, 5) is 10.1. The van der Waals surface area contributed by atoms with E-state index in [0.29, 0.717) is 0 Å². The third-order valence-electron chi connectivity index (χ3n) is 3.97. The van der Waals surface area contributed by atoms with E-state index in [1.807, 2.05) is 0 Å². The fourth-order valence-corrected chi connectivity index (χ4v) is 5.49. The molecule has 1 aromatic rings. The van der Waals surface area contributed by atoms with Crippen molar-refractivity contribution in [2.45, 2.75) is 11.8 Å². The van der Waals surface area contributed by atoms with E-state index in [4.69, 9.17) is 0 Å².